The minimum atomic E-state index is -0.264. The maximum Gasteiger partial charge on any atom is 0.270 e. The van der Waals surface area contributed by atoms with E-state index in [9.17, 15) is 4.79 Å². The fourth-order valence-corrected chi connectivity index (χ4v) is 5.65. The van der Waals surface area contributed by atoms with Gasteiger partial charge in [-0.2, -0.15) is 5.21 Å². The summed E-state index contributed by atoms with van der Waals surface area (Å²) in [7, 11) is 0. The summed E-state index contributed by atoms with van der Waals surface area (Å²) in [6.45, 7) is 14.0. The molecule has 1 aromatic heterocycles. The van der Waals surface area contributed by atoms with Gasteiger partial charge >= 0.3 is 0 Å². The molecule has 0 saturated heterocycles. The number of carbonyl (C=O) groups excluding carboxylic acids is 1. The molecule has 6 nitrogen and oxygen atoms in total. The van der Waals surface area contributed by atoms with E-state index in [2.05, 4.69) is 85.7 Å². The summed E-state index contributed by atoms with van der Waals surface area (Å²) in [4.78, 5) is 12.4. The van der Waals surface area contributed by atoms with E-state index in [1.165, 1.54) is 53.5 Å². The molecular weight excluding hydrogens is 434 g/mol. The van der Waals surface area contributed by atoms with E-state index >= 15 is 0 Å². The first kappa shape index (κ1) is 24.8. The molecule has 0 bridgehead atoms. The number of unbranched alkanes of at least 4 members (excludes halogenated alkanes) is 2. The monoisotopic (exact) mass is 471 g/mol. The normalized spacial score (nSPS) is 16.2. The van der Waals surface area contributed by atoms with Gasteiger partial charge in [0.25, 0.3) is 11.9 Å². The van der Waals surface area contributed by atoms with Gasteiger partial charge in [-0.25, -0.2) is 0 Å². The third-order valence-corrected chi connectivity index (χ3v) is 7.19. The second-order valence-corrected chi connectivity index (χ2v) is 11.1. The van der Waals surface area contributed by atoms with Gasteiger partial charge in [0.05, 0.1) is 0 Å². The Morgan fingerprint density at radius 3 is 2.37 bits per heavy atom. The van der Waals surface area contributed by atoms with Crippen molar-refractivity contribution in [1.82, 2.24) is 20.6 Å². The van der Waals surface area contributed by atoms with E-state index in [-0.39, 0.29) is 22.7 Å². The van der Waals surface area contributed by atoms with Crippen molar-refractivity contribution in [1.29, 1.82) is 0 Å². The lowest BCUT2D eigenvalue weighted by Gasteiger charge is -2.22. The van der Waals surface area contributed by atoms with Crippen LogP contribution in [0.15, 0.2) is 36.4 Å². The molecule has 1 amide bonds. The van der Waals surface area contributed by atoms with Crippen LogP contribution in [0.5, 0.6) is 0 Å². The number of rotatable bonds is 8. The molecule has 0 unspecified atom stereocenters. The Morgan fingerprint density at radius 1 is 1.06 bits per heavy atom. The second-order valence-electron chi connectivity index (χ2n) is 11.1. The number of aromatic nitrogens is 4. The SMILES string of the molecule is CCCCCc1cc2c(cc1/C(C)=C/c1ccc(C(=O)Nc3nn[nH]n3)cc1)C(C)(C)CC2(C)C. The molecule has 0 saturated carbocycles. The molecule has 2 aromatic carbocycles. The molecule has 35 heavy (non-hydrogen) atoms. The van der Waals surface area contributed by atoms with Gasteiger partial charge in [0, 0.05) is 5.56 Å². The van der Waals surface area contributed by atoms with Gasteiger partial charge in [-0.1, -0.05) is 82.9 Å². The maximum atomic E-state index is 12.4. The molecule has 0 spiro atoms. The summed E-state index contributed by atoms with van der Waals surface area (Å²) in [5, 5.41) is 15.9. The molecule has 4 rings (SSSR count). The third-order valence-electron chi connectivity index (χ3n) is 7.19. The van der Waals surface area contributed by atoms with Gasteiger partial charge in [-0.15, -0.1) is 5.10 Å². The van der Waals surface area contributed by atoms with Crippen LogP contribution in [0, 0.1) is 0 Å². The molecule has 0 atom stereocenters. The van der Waals surface area contributed by atoms with Crippen molar-refractivity contribution in [3.63, 3.8) is 0 Å². The number of H-pyrrole nitrogens is 1. The molecule has 184 valence electrons. The maximum absolute atomic E-state index is 12.4. The van der Waals surface area contributed by atoms with E-state index < -0.39 is 0 Å². The average molecular weight is 472 g/mol. The van der Waals surface area contributed by atoms with Crippen LogP contribution in [-0.2, 0) is 17.3 Å². The molecule has 3 aromatic rings. The Balaban J connectivity index is 1.64. The minimum absolute atomic E-state index is 0.160. The number of aryl methyl sites for hydroxylation is 1. The van der Waals surface area contributed by atoms with Gasteiger partial charge < -0.3 is 0 Å². The molecule has 6 heteroatoms. The van der Waals surface area contributed by atoms with Crippen LogP contribution in [0.1, 0.15) is 105 Å². The van der Waals surface area contributed by atoms with Crippen molar-refractivity contribution in [2.45, 2.75) is 84.5 Å². The largest absolute Gasteiger partial charge is 0.288 e. The Hall–Kier alpha value is -3.28. The second kappa shape index (κ2) is 9.76. The predicted molar refractivity (Wildman–Crippen MR) is 142 cm³/mol. The average Bonchev–Trinajstić information content (AvgIpc) is 3.37. The topological polar surface area (TPSA) is 83.6 Å². The van der Waals surface area contributed by atoms with Gasteiger partial charge in [0.2, 0.25) is 0 Å². The first-order valence-corrected chi connectivity index (χ1v) is 12.6. The zero-order chi connectivity index (χ0) is 25.2. The number of tetrazole rings is 1. The van der Waals surface area contributed by atoms with Crippen LogP contribution in [0.3, 0.4) is 0 Å². The van der Waals surface area contributed by atoms with Gasteiger partial charge in [0.15, 0.2) is 0 Å². The Morgan fingerprint density at radius 2 is 1.74 bits per heavy atom. The lowest BCUT2D eigenvalue weighted by molar-refractivity contribution is 0.102. The van der Waals surface area contributed by atoms with Gasteiger partial charge in [-0.3, -0.25) is 10.1 Å². The molecular formula is C29H37N5O. The summed E-state index contributed by atoms with van der Waals surface area (Å²) in [6.07, 6.45) is 8.18. The number of amides is 1. The lowest BCUT2D eigenvalue weighted by atomic mass is 9.82. The van der Waals surface area contributed by atoms with E-state index in [0.29, 0.717) is 5.56 Å². The number of carbonyl (C=O) groups is 1. The molecule has 0 radical (unpaired) electrons. The molecule has 0 aliphatic heterocycles. The number of hydrogen-bond donors (Lipinski definition) is 2. The smallest absolute Gasteiger partial charge is 0.270 e. The molecule has 1 aliphatic rings. The van der Waals surface area contributed by atoms with Crippen molar-refractivity contribution in [3.8, 4) is 0 Å². The Labute approximate surface area is 208 Å². The summed E-state index contributed by atoms with van der Waals surface area (Å²) >= 11 is 0. The van der Waals surface area contributed by atoms with E-state index in [1.54, 1.807) is 0 Å². The highest BCUT2D eigenvalue weighted by molar-refractivity contribution is 6.03. The molecule has 1 aliphatic carbocycles. The van der Waals surface area contributed by atoms with E-state index in [0.717, 1.165) is 12.0 Å². The highest BCUT2D eigenvalue weighted by Crippen LogP contribution is 2.50. The first-order valence-electron chi connectivity index (χ1n) is 12.6. The zero-order valence-corrected chi connectivity index (χ0v) is 21.8. The van der Waals surface area contributed by atoms with Crippen LogP contribution in [0.25, 0.3) is 11.6 Å². The number of anilines is 1. The first-order chi connectivity index (χ1) is 16.6. The number of benzene rings is 2. The number of hydrogen-bond acceptors (Lipinski definition) is 4. The Kier molecular flexibility index (Phi) is 6.93. The summed E-state index contributed by atoms with van der Waals surface area (Å²) in [6, 6.07) is 12.6. The summed E-state index contributed by atoms with van der Waals surface area (Å²) in [5.41, 5.74) is 9.04. The number of allylic oxidation sites excluding steroid dienone is 1. The van der Waals surface area contributed by atoms with Crippen LogP contribution in [-0.4, -0.2) is 26.5 Å². The van der Waals surface area contributed by atoms with Crippen LogP contribution in [0.2, 0.25) is 0 Å². The zero-order valence-electron chi connectivity index (χ0n) is 21.8. The van der Waals surface area contributed by atoms with E-state index in [1.807, 2.05) is 24.3 Å². The Bertz CT molecular complexity index is 1220. The fourth-order valence-electron chi connectivity index (χ4n) is 5.65. The van der Waals surface area contributed by atoms with Crippen molar-refractivity contribution in [2.24, 2.45) is 0 Å². The van der Waals surface area contributed by atoms with Crippen LogP contribution >= 0.6 is 0 Å². The highest BCUT2D eigenvalue weighted by Gasteiger charge is 2.42. The number of fused-ring (bicyclic) bond motifs is 1. The molecule has 0 fully saturated rings. The standard InChI is InChI=1S/C29H37N5O/c1-7-8-9-10-22-16-24-25(29(5,6)18-28(24,3)4)17-23(22)19(2)15-20-11-13-21(14-12-20)26(35)30-27-31-33-34-32-27/h11-17H,7-10,18H2,1-6H3,(H2,30,31,32,33,34,35)/b19-15+. The lowest BCUT2D eigenvalue weighted by Crippen LogP contribution is -2.18. The summed E-state index contributed by atoms with van der Waals surface area (Å²) in [5.74, 6) is -0.103. The fraction of sp³-hybridized carbons (Fsp3) is 0.448. The quantitative estimate of drug-likeness (QED) is 0.283. The highest BCUT2D eigenvalue weighted by atomic mass is 16.1. The minimum Gasteiger partial charge on any atom is -0.288 e. The van der Waals surface area contributed by atoms with Gasteiger partial charge in [0.1, 0.15) is 0 Å². The number of nitrogens with one attached hydrogen (secondary N) is 2. The van der Waals surface area contributed by atoms with Crippen molar-refractivity contribution in [2.75, 3.05) is 5.32 Å². The van der Waals surface area contributed by atoms with Crippen molar-refractivity contribution < 1.29 is 4.79 Å². The molecule has 2 N–H and O–H groups in total. The van der Waals surface area contributed by atoms with Crippen LogP contribution < -0.4 is 5.32 Å². The van der Waals surface area contributed by atoms with E-state index in [4.69, 9.17) is 0 Å². The molecule has 1 heterocycles. The van der Waals surface area contributed by atoms with Crippen molar-refractivity contribution in [3.05, 3.63) is 69.8 Å². The van der Waals surface area contributed by atoms with Gasteiger partial charge in [-0.05, 0) is 87.8 Å². The number of nitrogens with zero attached hydrogens (tertiary/aromatic N) is 3. The van der Waals surface area contributed by atoms with Crippen molar-refractivity contribution >= 4 is 23.5 Å². The summed E-state index contributed by atoms with van der Waals surface area (Å²) < 4.78 is 0. The van der Waals surface area contributed by atoms with Crippen LogP contribution in [0.4, 0.5) is 5.95 Å². The predicted octanol–water partition coefficient (Wildman–Crippen LogP) is 6.70. The number of aromatic amines is 1. The third kappa shape index (κ3) is 5.37.